The van der Waals surface area contributed by atoms with Gasteiger partial charge in [-0.25, -0.2) is 0 Å². The van der Waals surface area contributed by atoms with Gasteiger partial charge in [0.25, 0.3) is 0 Å². The van der Waals surface area contributed by atoms with E-state index in [1.807, 2.05) is 0 Å². The molecular formula is C16H23NO2. The fourth-order valence-corrected chi connectivity index (χ4v) is 4.43. The van der Waals surface area contributed by atoms with Crippen LogP contribution in [0.4, 0.5) is 0 Å². The van der Waals surface area contributed by atoms with E-state index in [9.17, 15) is 10.2 Å². The van der Waals surface area contributed by atoms with E-state index < -0.39 is 0 Å². The monoisotopic (exact) mass is 261 g/mol. The number of benzene rings is 1. The highest BCUT2D eigenvalue weighted by Gasteiger charge is 2.45. The molecule has 0 amide bonds. The molecule has 2 atom stereocenters. The summed E-state index contributed by atoms with van der Waals surface area (Å²) in [5.74, 6) is 0.721. The third kappa shape index (κ3) is 1.91. The van der Waals surface area contributed by atoms with Gasteiger partial charge in [-0.15, -0.1) is 0 Å². The first-order valence-electron chi connectivity index (χ1n) is 7.43. The van der Waals surface area contributed by atoms with Gasteiger partial charge in [0.2, 0.25) is 0 Å². The van der Waals surface area contributed by atoms with Crippen LogP contribution in [-0.4, -0.2) is 16.8 Å². The van der Waals surface area contributed by atoms with E-state index >= 15 is 0 Å². The molecule has 1 aromatic carbocycles. The van der Waals surface area contributed by atoms with E-state index in [0.29, 0.717) is 12.5 Å². The maximum Gasteiger partial charge on any atom is 0.157 e. The van der Waals surface area contributed by atoms with Crippen molar-refractivity contribution in [3.8, 4) is 11.5 Å². The first-order chi connectivity index (χ1) is 9.17. The number of phenolic OH excluding ortho intramolecular Hbond substituents is 2. The normalized spacial score (nSPS) is 29.6. The van der Waals surface area contributed by atoms with Crippen LogP contribution in [0, 0.1) is 5.92 Å². The van der Waals surface area contributed by atoms with Gasteiger partial charge in [0.15, 0.2) is 11.5 Å². The molecule has 3 rings (SSSR count). The van der Waals surface area contributed by atoms with Crippen molar-refractivity contribution in [3.05, 3.63) is 23.3 Å². The summed E-state index contributed by atoms with van der Waals surface area (Å²) in [5, 5.41) is 19.6. The van der Waals surface area contributed by atoms with Crippen LogP contribution in [0.2, 0.25) is 0 Å². The lowest BCUT2D eigenvalue weighted by Gasteiger charge is -2.49. The molecule has 0 heterocycles. The zero-order valence-electron chi connectivity index (χ0n) is 11.4. The highest BCUT2D eigenvalue weighted by molar-refractivity contribution is 5.50. The van der Waals surface area contributed by atoms with Gasteiger partial charge in [-0.3, -0.25) is 0 Å². The van der Waals surface area contributed by atoms with Crippen LogP contribution in [-0.2, 0) is 11.8 Å². The second-order valence-electron chi connectivity index (χ2n) is 6.17. The third-order valence-electron chi connectivity index (χ3n) is 5.30. The Kier molecular flexibility index (Phi) is 3.17. The average Bonchev–Trinajstić information content (AvgIpc) is 2.41. The van der Waals surface area contributed by atoms with Crippen LogP contribution in [0.15, 0.2) is 12.1 Å². The summed E-state index contributed by atoms with van der Waals surface area (Å²) in [6.45, 7) is 0.692. The van der Waals surface area contributed by atoms with Gasteiger partial charge in [-0.05, 0) is 73.2 Å². The van der Waals surface area contributed by atoms with Crippen molar-refractivity contribution < 1.29 is 10.2 Å². The summed E-state index contributed by atoms with van der Waals surface area (Å²) < 4.78 is 0. The Labute approximate surface area is 114 Å². The molecule has 1 aromatic rings. The fourth-order valence-electron chi connectivity index (χ4n) is 4.43. The van der Waals surface area contributed by atoms with Crippen molar-refractivity contribution in [2.75, 3.05) is 6.54 Å². The molecule has 2 aliphatic carbocycles. The molecule has 0 spiro atoms. The largest absolute Gasteiger partial charge is 0.504 e. The highest BCUT2D eigenvalue weighted by atomic mass is 16.3. The van der Waals surface area contributed by atoms with E-state index in [0.717, 1.165) is 12.8 Å². The van der Waals surface area contributed by atoms with Gasteiger partial charge < -0.3 is 15.9 Å². The van der Waals surface area contributed by atoms with Gasteiger partial charge in [0.1, 0.15) is 0 Å². The predicted molar refractivity (Wildman–Crippen MR) is 75.4 cm³/mol. The minimum absolute atomic E-state index is 0.0101. The standard InChI is InChI=1S/C16H23NO2/c17-8-7-16-6-2-1-3-12(16)5-4-11-9-14(18)15(19)10-13(11)16/h9-10,12,18-19H,1-8,17H2/t12-,16+/m1/s1. The van der Waals surface area contributed by atoms with Crippen molar-refractivity contribution in [2.24, 2.45) is 11.7 Å². The summed E-state index contributed by atoms with van der Waals surface area (Å²) in [7, 11) is 0. The Morgan fingerprint density at radius 1 is 1.16 bits per heavy atom. The lowest BCUT2D eigenvalue weighted by Crippen LogP contribution is -2.43. The smallest absolute Gasteiger partial charge is 0.157 e. The van der Waals surface area contributed by atoms with Crippen LogP contribution in [0.3, 0.4) is 0 Å². The summed E-state index contributed by atoms with van der Waals surface area (Å²) in [4.78, 5) is 0. The van der Waals surface area contributed by atoms with E-state index in [-0.39, 0.29) is 16.9 Å². The zero-order valence-corrected chi connectivity index (χ0v) is 11.4. The van der Waals surface area contributed by atoms with Gasteiger partial charge in [-0.1, -0.05) is 12.8 Å². The SMILES string of the molecule is NCC[C@@]12CCCC[C@@H]1CCc1cc(O)c(O)cc12. The first-order valence-corrected chi connectivity index (χ1v) is 7.43. The molecule has 0 radical (unpaired) electrons. The molecule has 0 bridgehead atoms. The second-order valence-corrected chi connectivity index (χ2v) is 6.17. The summed E-state index contributed by atoms with van der Waals surface area (Å²) in [5.41, 5.74) is 8.48. The molecule has 4 N–H and O–H groups in total. The van der Waals surface area contributed by atoms with E-state index in [4.69, 9.17) is 5.73 Å². The third-order valence-corrected chi connectivity index (χ3v) is 5.30. The number of hydrogen-bond donors (Lipinski definition) is 3. The predicted octanol–water partition coefficient (Wildman–Crippen LogP) is 2.82. The van der Waals surface area contributed by atoms with Crippen LogP contribution in [0.5, 0.6) is 11.5 Å². The Bertz CT molecular complexity index is 482. The van der Waals surface area contributed by atoms with Crippen molar-refractivity contribution in [2.45, 2.75) is 50.4 Å². The number of rotatable bonds is 2. The number of aryl methyl sites for hydroxylation is 1. The van der Waals surface area contributed by atoms with Gasteiger partial charge in [0, 0.05) is 0 Å². The Hall–Kier alpha value is -1.22. The number of hydrogen-bond acceptors (Lipinski definition) is 3. The zero-order chi connectivity index (χ0) is 13.5. The molecule has 0 unspecified atom stereocenters. The summed E-state index contributed by atoms with van der Waals surface area (Å²) >= 11 is 0. The van der Waals surface area contributed by atoms with Crippen molar-refractivity contribution in [1.29, 1.82) is 0 Å². The lowest BCUT2D eigenvalue weighted by molar-refractivity contribution is 0.149. The summed E-state index contributed by atoms with van der Waals surface area (Å²) in [6.07, 6.45) is 8.22. The molecule has 1 saturated carbocycles. The topological polar surface area (TPSA) is 66.5 Å². The quantitative estimate of drug-likeness (QED) is 0.717. The Morgan fingerprint density at radius 3 is 2.74 bits per heavy atom. The first kappa shape index (κ1) is 12.8. The minimum Gasteiger partial charge on any atom is -0.504 e. The molecule has 0 saturated heterocycles. The van der Waals surface area contributed by atoms with Crippen LogP contribution >= 0.6 is 0 Å². The maximum absolute atomic E-state index is 9.87. The molecular weight excluding hydrogens is 238 g/mol. The van der Waals surface area contributed by atoms with Crippen LogP contribution in [0.1, 0.15) is 49.7 Å². The molecule has 0 aromatic heterocycles. The Morgan fingerprint density at radius 2 is 1.95 bits per heavy atom. The van der Waals surface area contributed by atoms with E-state index in [1.54, 1.807) is 12.1 Å². The minimum atomic E-state index is 0.0101. The van der Waals surface area contributed by atoms with Gasteiger partial charge in [0.05, 0.1) is 0 Å². The fraction of sp³-hybridized carbons (Fsp3) is 0.625. The van der Waals surface area contributed by atoms with Crippen LogP contribution < -0.4 is 5.73 Å². The maximum atomic E-state index is 9.87. The second kappa shape index (κ2) is 4.71. The van der Waals surface area contributed by atoms with Crippen molar-refractivity contribution >= 4 is 0 Å². The summed E-state index contributed by atoms with van der Waals surface area (Å²) in [6, 6.07) is 3.56. The Balaban J connectivity index is 2.12. The number of aromatic hydroxyl groups is 2. The molecule has 2 aliphatic rings. The molecule has 1 fully saturated rings. The molecule has 19 heavy (non-hydrogen) atoms. The molecule has 0 aliphatic heterocycles. The van der Waals surface area contributed by atoms with Crippen molar-refractivity contribution in [3.63, 3.8) is 0 Å². The van der Waals surface area contributed by atoms with Crippen LogP contribution in [0.25, 0.3) is 0 Å². The van der Waals surface area contributed by atoms with Gasteiger partial charge >= 0.3 is 0 Å². The lowest BCUT2D eigenvalue weighted by atomic mass is 9.56. The number of phenols is 2. The molecule has 104 valence electrons. The average molecular weight is 261 g/mol. The molecule has 3 nitrogen and oxygen atoms in total. The number of nitrogens with two attached hydrogens (primary N) is 1. The number of fused-ring (bicyclic) bond motifs is 3. The van der Waals surface area contributed by atoms with Crippen molar-refractivity contribution in [1.82, 2.24) is 0 Å². The molecule has 3 heteroatoms. The van der Waals surface area contributed by atoms with E-state index in [1.165, 1.54) is 43.2 Å². The van der Waals surface area contributed by atoms with E-state index in [2.05, 4.69) is 0 Å². The van der Waals surface area contributed by atoms with Gasteiger partial charge in [-0.2, -0.15) is 0 Å². The highest BCUT2D eigenvalue weighted by Crippen LogP contribution is 2.53.